The van der Waals surface area contributed by atoms with E-state index < -0.39 is 18.4 Å². The highest BCUT2D eigenvalue weighted by molar-refractivity contribution is 5.89. The molecule has 2 aromatic carbocycles. The van der Waals surface area contributed by atoms with Crippen LogP contribution in [0.15, 0.2) is 54.6 Å². The Bertz CT molecular complexity index is 948. The Balaban J connectivity index is 0.000000286. The average Bonchev–Trinajstić information content (AvgIpc) is 2.83. The molecule has 0 spiro atoms. The van der Waals surface area contributed by atoms with Gasteiger partial charge in [-0.15, -0.1) is 0 Å². The summed E-state index contributed by atoms with van der Waals surface area (Å²) >= 11 is 0. The van der Waals surface area contributed by atoms with Gasteiger partial charge in [0.15, 0.2) is 0 Å². The van der Waals surface area contributed by atoms with Crippen LogP contribution in [0.4, 0.5) is 20.1 Å². The van der Waals surface area contributed by atoms with Gasteiger partial charge >= 0.3 is 18.3 Å². The second-order valence-electron chi connectivity index (χ2n) is 7.43. The molecule has 1 saturated heterocycles. The zero-order chi connectivity index (χ0) is 23.6. The first-order chi connectivity index (χ1) is 15.9. The molecular formula is C23H27N3O7. The molecule has 3 amide bonds. The Labute approximate surface area is 191 Å². The van der Waals surface area contributed by atoms with Crippen LogP contribution in [0.25, 0.3) is 0 Å². The molecule has 4 rings (SSSR count). The predicted octanol–water partition coefficient (Wildman–Crippen LogP) is 2.85. The molecule has 0 radical (unpaired) electrons. The van der Waals surface area contributed by atoms with Crippen molar-refractivity contribution in [2.24, 2.45) is 5.73 Å². The van der Waals surface area contributed by atoms with Crippen LogP contribution in [0.5, 0.6) is 0 Å². The Morgan fingerprint density at radius 2 is 1.70 bits per heavy atom. The van der Waals surface area contributed by atoms with Gasteiger partial charge < -0.3 is 30.0 Å². The smallest absolute Gasteiger partial charge is 0.450 e. The van der Waals surface area contributed by atoms with Gasteiger partial charge in [-0.25, -0.2) is 14.4 Å². The van der Waals surface area contributed by atoms with Gasteiger partial charge in [0.05, 0.1) is 25.4 Å². The molecule has 10 nitrogen and oxygen atoms in total. The van der Waals surface area contributed by atoms with Crippen molar-refractivity contribution >= 4 is 24.0 Å². The topological polar surface area (TPSA) is 132 Å². The molecule has 10 heteroatoms. The molecule has 176 valence electrons. The average molecular weight is 457 g/mol. The van der Waals surface area contributed by atoms with Crippen molar-refractivity contribution in [3.05, 3.63) is 65.7 Å². The molecule has 2 aliphatic rings. The summed E-state index contributed by atoms with van der Waals surface area (Å²) in [6, 6.07) is 16.4. The maximum Gasteiger partial charge on any atom is 0.506 e. The highest BCUT2D eigenvalue weighted by Gasteiger charge is 2.31. The summed E-state index contributed by atoms with van der Waals surface area (Å²) in [5, 5.41) is 8.83. The second-order valence-corrected chi connectivity index (χ2v) is 7.43. The summed E-state index contributed by atoms with van der Waals surface area (Å²) in [4.78, 5) is 36.7. The van der Waals surface area contributed by atoms with Crippen molar-refractivity contribution in [1.82, 2.24) is 4.90 Å². The second kappa shape index (κ2) is 11.7. The molecule has 0 aromatic heterocycles. The largest absolute Gasteiger partial charge is 0.506 e. The lowest BCUT2D eigenvalue weighted by Crippen LogP contribution is -2.44. The highest BCUT2D eigenvalue weighted by Crippen LogP contribution is 2.28. The van der Waals surface area contributed by atoms with Gasteiger partial charge in [0.2, 0.25) is 0 Å². The molecule has 0 bridgehead atoms. The van der Waals surface area contributed by atoms with Crippen molar-refractivity contribution in [2.45, 2.75) is 19.1 Å². The lowest BCUT2D eigenvalue weighted by molar-refractivity contribution is 0.0516. The summed E-state index contributed by atoms with van der Waals surface area (Å²) in [7, 11) is 0. The number of hydrogen-bond acceptors (Lipinski definition) is 6. The Kier molecular flexibility index (Phi) is 8.48. The van der Waals surface area contributed by atoms with Crippen LogP contribution < -0.4 is 10.6 Å². The van der Waals surface area contributed by atoms with Gasteiger partial charge in [-0.3, -0.25) is 4.90 Å². The number of urea groups is 1. The van der Waals surface area contributed by atoms with Crippen LogP contribution in [0, 0.1) is 0 Å². The number of para-hydroxylation sites is 1. The minimum absolute atomic E-state index is 0.136. The fourth-order valence-corrected chi connectivity index (χ4v) is 3.53. The number of amides is 3. The van der Waals surface area contributed by atoms with Gasteiger partial charge in [0, 0.05) is 19.5 Å². The molecule has 0 saturated carbocycles. The lowest BCUT2D eigenvalue weighted by atomic mass is 10.00. The summed E-state index contributed by atoms with van der Waals surface area (Å²) < 4.78 is 15.2. The maximum absolute atomic E-state index is 12.5. The van der Waals surface area contributed by atoms with E-state index in [0.717, 1.165) is 16.8 Å². The number of ether oxygens (including phenoxy) is 3. The number of carboxylic acid groups (broad SMARTS) is 1. The minimum Gasteiger partial charge on any atom is -0.450 e. The third kappa shape index (κ3) is 7.11. The molecule has 0 unspecified atom stereocenters. The molecule has 2 aromatic rings. The number of nitrogens with two attached hydrogens (primary N) is 1. The van der Waals surface area contributed by atoms with Crippen LogP contribution in [-0.2, 0) is 27.2 Å². The lowest BCUT2D eigenvalue weighted by Gasteiger charge is -2.32. The number of rotatable bonds is 3. The zero-order valence-electron chi connectivity index (χ0n) is 18.1. The molecule has 0 aliphatic carbocycles. The highest BCUT2D eigenvalue weighted by atomic mass is 16.7. The molecule has 2 heterocycles. The molecule has 3 N–H and O–H groups in total. The van der Waals surface area contributed by atoms with Gasteiger partial charge in [-0.2, -0.15) is 0 Å². The van der Waals surface area contributed by atoms with Crippen LogP contribution in [-0.4, -0.2) is 67.2 Å². The Morgan fingerprint density at radius 3 is 2.33 bits per heavy atom. The van der Waals surface area contributed by atoms with Crippen LogP contribution in [0.3, 0.4) is 0 Å². The summed E-state index contributed by atoms with van der Waals surface area (Å²) in [6.07, 6.45) is -2.05. The van der Waals surface area contributed by atoms with E-state index in [1.54, 1.807) is 4.90 Å². The van der Waals surface area contributed by atoms with Crippen molar-refractivity contribution < 1.29 is 33.7 Å². The third-order valence-electron chi connectivity index (χ3n) is 5.13. The van der Waals surface area contributed by atoms with Crippen LogP contribution in [0.1, 0.15) is 11.1 Å². The van der Waals surface area contributed by atoms with E-state index in [9.17, 15) is 14.4 Å². The number of carbonyl (C=O) groups is 3. The molecule has 2 aliphatic heterocycles. The molecular weight excluding hydrogens is 430 g/mol. The number of hydrogen-bond donors (Lipinski definition) is 2. The zero-order valence-corrected chi connectivity index (χ0v) is 18.1. The van der Waals surface area contributed by atoms with E-state index in [2.05, 4.69) is 0 Å². The van der Waals surface area contributed by atoms with E-state index in [1.165, 1.54) is 4.90 Å². The van der Waals surface area contributed by atoms with E-state index in [0.29, 0.717) is 32.7 Å². The molecule has 33 heavy (non-hydrogen) atoms. The quantitative estimate of drug-likeness (QED) is 0.678. The predicted molar refractivity (Wildman–Crippen MR) is 119 cm³/mol. The number of nitrogens with zero attached hydrogens (tertiary/aromatic N) is 2. The van der Waals surface area contributed by atoms with E-state index in [-0.39, 0.29) is 19.2 Å². The third-order valence-corrected chi connectivity index (χ3v) is 5.13. The van der Waals surface area contributed by atoms with Crippen molar-refractivity contribution in [2.75, 3.05) is 37.7 Å². The number of benzene rings is 2. The van der Waals surface area contributed by atoms with Crippen LogP contribution >= 0.6 is 0 Å². The number of morpholine rings is 1. The molecule has 1 atom stereocenters. The first-order valence-corrected chi connectivity index (χ1v) is 10.5. The van der Waals surface area contributed by atoms with Crippen molar-refractivity contribution in [3.8, 4) is 0 Å². The van der Waals surface area contributed by atoms with Gasteiger partial charge in [0.25, 0.3) is 0 Å². The van der Waals surface area contributed by atoms with Gasteiger partial charge in [0.1, 0.15) is 12.7 Å². The first-order valence-electron chi connectivity index (χ1n) is 10.5. The fraction of sp³-hybridized carbons (Fsp3) is 0.348. The standard InChI is InChI=1S/C18H17NO5.C5H10N2O2/c20-17(23-12-13-6-2-1-3-7-13)19-11-15(24-18(21)22)10-14-8-4-5-9-16(14)19;6-5(8)7-1-3-9-4-2-7/h1-9,15H,10-12H2,(H,21,22);1-4H2,(H2,6,8)/t15-;/m1./s1. The Morgan fingerprint density at radius 1 is 1.03 bits per heavy atom. The molecule has 1 fully saturated rings. The monoisotopic (exact) mass is 457 g/mol. The number of primary amides is 1. The Hall–Kier alpha value is -3.79. The van der Waals surface area contributed by atoms with Crippen LogP contribution in [0.2, 0.25) is 0 Å². The first kappa shape index (κ1) is 23.9. The van der Waals surface area contributed by atoms with E-state index in [1.807, 2.05) is 54.6 Å². The normalized spacial score (nSPS) is 17.2. The van der Waals surface area contributed by atoms with Crippen molar-refractivity contribution in [1.29, 1.82) is 0 Å². The minimum atomic E-state index is -1.35. The maximum atomic E-state index is 12.5. The van der Waals surface area contributed by atoms with E-state index in [4.69, 9.17) is 25.1 Å². The summed E-state index contributed by atoms with van der Waals surface area (Å²) in [5.41, 5.74) is 7.46. The summed E-state index contributed by atoms with van der Waals surface area (Å²) in [5.74, 6) is 0. The fourth-order valence-electron chi connectivity index (χ4n) is 3.53. The van der Waals surface area contributed by atoms with Crippen molar-refractivity contribution in [3.63, 3.8) is 0 Å². The summed E-state index contributed by atoms with van der Waals surface area (Å²) in [6.45, 7) is 2.79. The SMILES string of the molecule is NC(=O)N1CCOCC1.O=C(O)O[C@@H]1Cc2ccccc2N(C(=O)OCc2ccccc2)C1. The van der Waals surface area contributed by atoms with Gasteiger partial charge in [-0.1, -0.05) is 48.5 Å². The van der Waals surface area contributed by atoms with E-state index >= 15 is 0 Å². The number of fused-ring (bicyclic) bond motifs is 1. The number of carbonyl (C=O) groups excluding carboxylic acids is 2. The van der Waals surface area contributed by atoms with Gasteiger partial charge in [-0.05, 0) is 17.2 Å². The number of anilines is 1.